The van der Waals surface area contributed by atoms with E-state index in [2.05, 4.69) is 107 Å². The van der Waals surface area contributed by atoms with Gasteiger partial charge in [-0.3, -0.25) is 0 Å². The van der Waals surface area contributed by atoms with Gasteiger partial charge < -0.3 is 0 Å². The number of hydrogen-bond donors (Lipinski definition) is 0. The lowest BCUT2D eigenvalue weighted by molar-refractivity contribution is 0.322. The summed E-state index contributed by atoms with van der Waals surface area (Å²) < 4.78 is 0. The van der Waals surface area contributed by atoms with E-state index in [4.69, 9.17) is 0 Å². The molecular weight excluding hydrogens is 496 g/mol. The van der Waals surface area contributed by atoms with Crippen LogP contribution in [0.5, 0.6) is 0 Å². The second kappa shape index (κ2) is 8.78. The molecule has 33 heavy (non-hydrogen) atoms. The predicted molar refractivity (Wildman–Crippen MR) is 152 cm³/mol. The summed E-state index contributed by atoms with van der Waals surface area (Å²) >= 11 is 4.41. The quantitative estimate of drug-likeness (QED) is 0.257. The van der Waals surface area contributed by atoms with Gasteiger partial charge in [-0.05, 0) is 87.6 Å². The highest BCUT2D eigenvalue weighted by Crippen LogP contribution is 2.59. The lowest BCUT2D eigenvalue weighted by atomic mass is 9.72. The Kier molecular flexibility index (Phi) is 6.77. The first kappa shape index (κ1) is 25.4. The second-order valence-corrected chi connectivity index (χ2v) is 20.8. The fraction of sp³-hybridized carbons (Fsp3) is 0.600. The van der Waals surface area contributed by atoms with Crippen LogP contribution >= 0.6 is 15.3 Å². The summed E-state index contributed by atoms with van der Waals surface area (Å²) in [5, 5.41) is 3.26. The molecule has 0 bridgehead atoms. The molecule has 2 aromatic rings. The van der Waals surface area contributed by atoms with Crippen molar-refractivity contribution in [2.24, 2.45) is 0 Å². The molecule has 0 nitrogen and oxygen atoms in total. The third-order valence-electron chi connectivity index (χ3n) is 9.34. The lowest BCUT2D eigenvalue weighted by Gasteiger charge is -2.33. The van der Waals surface area contributed by atoms with E-state index in [0.717, 1.165) is 9.04 Å². The van der Waals surface area contributed by atoms with Gasteiger partial charge in [0.15, 0.2) is 6.93 Å². The molecule has 0 atom stereocenters. The van der Waals surface area contributed by atoms with Crippen molar-refractivity contribution >= 4 is 41.6 Å². The Balaban J connectivity index is 2.06. The molecule has 0 unspecified atom stereocenters. The van der Waals surface area contributed by atoms with E-state index in [1.165, 1.54) is 43.7 Å². The van der Waals surface area contributed by atoms with E-state index in [-0.39, 0.29) is 10.8 Å². The van der Waals surface area contributed by atoms with Crippen molar-refractivity contribution in [2.75, 3.05) is 0 Å². The summed E-state index contributed by atoms with van der Waals surface area (Å²) in [4.78, 5) is 0. The molecule has 0 amide bonds. The van der Waals surface area contributed by atoms with Crippen LogP contribution in [0.3, 0.4) is 0 Å². The van der Waals surface area contributed by atoms with Gasteiger partial charge in [0.1, 0.15) is 0 Å². The minimum absolute atomic E-state index is 0.232. The Morgan fingerprint density at radius 2 is 1.18 bits per heavy atom. The van der Waals surface area contributed by atoms with Crippen LogP contribution in [-0.2, 0) is 21.7 Å². The van der Waals surface area contributed by atoms with Gasteiger partial charge in [0.2, 0.25) is 0 Å². The van der Waals surface area contributed by atoms with E-state index in [1.807, 2.05) is 0 Å². The molecule has 0 saturated carbocycles. The first-order chi connectivity index (χ1) is 15.5. The van der Waals surface area contributed by atoms with Crippen LogP contribution in [0.15, 0.2) is 36.4 Å². The van der Waals surface area contributed by atoms with Gasteiger partial charge >= 0.3 is 0 Å². The minimum atomic E-state index is -0.899. The third-order valence-corrected chi connectivity index (χ3v) is 16.4. The summed E-state index contributed by atoms with van der Waals surface area (Å²) in [6.45, 7) is 19.0. The van der Waals surface area contributed by atoms with E-state index < -0.39 is 6.93 Å². The second-order valence-electron chi connectivity index (χ2n) is 12.0. The number of halogens is 1. The van der Waals surface area contributed by atoms with E-state index in [9.17, 15) is 0 Å². The maximum Gasteiger partial charge on any atom is 0.159 e. The molecule has 0 fully saturated rings. The molecule has 3 heteroatoms. The highest BCUT2D eigenvalue weighted by atomic mass is 79.9. The van der Waals surface area contributed by atoms with Crippen molar-refractivity contribution in [1.29, 1.82) is 0 Å². The minimum Gasteiger partial charge on any atom is -0.126 e. The molecule has 0 heterocycles. The monoisotopic (exact) mass is 537 g/mol. The van der Waals surface area contributed by atoms with Crippen molar-refractivity contribution in [3.8, 4) is 0 Å². The van der Waals surface area contributed by atoms with Gasteiger partial charge in [0.25, 0.3) is 0 Å². The number of benzene rings is 2. The van der Waals surface area contributed by atoms with Gasteiger partial charge in [0, 0.05) is 0 Å². The van der Waals surface area contributed by atoms with Crippen molar-refractivity contribution in [3.63, 3.8) is 0 Å². The van der Waals surface area contributed by atoms with Crippen LogP contribution in [0.2, 0.25) is 0 Å². The average molecular weight is 539 g/mol. The normalized spacial score (nSPS) is 21.3. The molecule has 0 N–H and O–H groups in total. The molecule has 0 spiro atoms. The fourth-order valence-corrected chi connectivity index (χ4v) is 15.4. The Labute approximate surface area is 215 Å². The Bertz CT molecular complexity index is 957. The summed E-state index contributed by atoms with van der Waals surface area (Å²) in [5.74, 6) is 0. The van der Waals surface area contributed by atoms with Crippen molar-refractivity contribution in [1.82, 2.24) is 0 Å². The van der Waals surface area contributed by atoms with Crippen LogP contribution < -0.4 is 10.4 Å². The molecule has 3 radical (unpaired) electrons. The van der Waals surface area contributed by atoms with E-state index >= 15 is 0 Å². The Hall–Kier alpha value is -0.646. The van der Waals surface area contributed by atoms with Crippen LogP contribution in [0.25, 0.3) is 0 Å². The van der Waals surface area contributed by atoms with Crippen molar-refractivity contribution in [3.05, 3.63) is 58.7 Å². The topological polar surface area (TPSA) is 0 Å². The van der Waals surface area contributed by atoms with Gasteiger partial charge in [-0.1, -0.05) is 97.0 Å². The molecular formula is C30H42BrSi2. The summed E-state index contributed by atoms with van der Waals surface area (Å²) in [6.07, 6.45) is 7.58. The molecule has 4 rings (SSSR count). The maximum atomic E-state index is 4.41. The first-order valence-electron chi connectivity index (χ1n) is 13.1. The van der Waals surface area contributed by atoms with Crippen molar-refractivity contribution in [2.45, 2.75) is 116 Å². The first-order valence-corrected chi connectivity index (χ1v) is 18.8. The van der Waals surface area contributed by atoms with Crippen LogP contribution in [0.1, 0.15) is 116 Å². The zero-order valence-corrected chi connectivity index (χ0v) is 25.7. The SMILES string of the molecule is CCC1(CC)CC(C)(C)c2c1cc1c(c2[Si](Br)[Si]c2ccccc2)C(C)(C)CC1(CC)CC. The fourth-order valence-electron chi connectivity index (χ4n) is 7.68. The lowest BCUT2D eigenvalue weighted by Crippen LogP contribution is -2.46. The average Bonchev–Trinajstić information content (AvgIpc) is 3.18. The maximum absolute atomic E-state index is 4.41. The zero-order valence-electron chi connectivity index (χ0n) is 22.1. The highest BCUT2D eigenvalue weighted by molar-refractivity contribution is 9.26. The van der Waals surface area contributed by atoms with Gasteiger partial charge in [-0.15, -0.1) is 15.3 Å². The smallest absolute Gasteiger partial charge is 0.126 e. The van der Waals surface area contributed by atoms with Gasteiger partial charge in [-0.2, -0.15) is 0 Å². The summed E-state index contributed by atoms with van der Waals surface area (Å²) in [7, 11) is 0.840. The molecule has 2 aromatic carbocycles. The third kappa shape index (κ3) is 3.89. The number of fused-ring (bicyclic) bond motifs is 2. The van der Waals surface area contributed by atoms with Gasteiger partial charge in [-0.25, -0.2) is 0 Å². The molecule has 0 saturated heterocycles. The summed E-state index contributed by atoms with van der Waals surface area (Å²) in [6, 6.07) is 14.0. The molecule has 2 aliphatic carbocycles. The molecule has 177 valence electrons. The largest absolute Gasteiger partial charge is 0.159 e. The van der Waals surface area contributed by atoms with Crippen LogP contribution in [0.4, 0.5) is 0 Å². The standard InChI is InChI=1S/C30H42BrSi2/c1-9-29(10-2)19-27(5,6)24-22(29)18-23-25(28(7,8)20-30(23,11-3)12-4)26(24)33(31)32-21-16-14-13-15-17-21/h13-18H,9-12,19-20H2,1-8H3. The van der Waals surface area contributed by atoms with Crippen LogP contribution in [-0.4, -0.2) is 16.0 Å². The van der Waals surface area contributed by atoms with Gasteiger partial charge in [0.05, 0.1) is 9.04 Å². The molecule has 2 aliphatic rings. The number of rotatable bonds is 7. The zero-order chi connectivity index (χ0) is 24.2. The Morgan fingerprint density at radius 3 is 1.58 bits per heavy atom. The summed E-state index contributed by atoms with van der Waals surface area (Å²) in [5.41, 5.74) is 8.02. The molecule has 0 aliphatic heterocycles. The number of hydrogen-bond acceptors (Lipinski definition) is 0. The predicted octanol–water partition coefficient (Wildman–Crippen LogP) is 7.28. The highest BCUT2D eigenvalue weighted by Gasteiger charge is 2.54. The van der Waals surface area contributed by atoms with E-state index in [0.29, 0.717) is 10.8 Å². The Morgan fingerprint density at radius 1 is 0.758 bits per heavy atom. The molecule has 0 aromatic heterocycles. The van der Waals surface area contributed by atoms with Crippen molar-refractivity contribution < 1.29 is 0 Å². The van der Waals surface area contributed by atoms with Crippen LogP contribution in [0, 0.1) is 0 Å². The van der Waals surface area contributed by atoms with E-state index in [1.54, 1.807) is 27.4 Å².